The van der Waals surface area contributed by atoms with Crippen molar-refractivity contribution in [3.8, 4) is 0 Å². The van der Waals surface area contributed by atoms with E-state index in [1.54, 1.807) is 0 Å². The molecule has 2 heteroatoms. The van der Waals surface area contributed by atoms with Gasteiger partial charge in [0.05, 0.1) is 0 Å². The third-order valence-corrected chi connectivity index (χ3v) is 2.37. The van der Waals surface area contributed by atoms with E-state index >= 15 is 0 Å². The molecule has 1 nitrogen and oxygen atoms in total. The molecule has 1 radical (unpaired) electrons. The summed E-state index contributed by atoms with van der Waals surface area (Å²) in [6, 6.07) is 0. The standard InChI is InChI=1S/C10H12O.V/c1-7-4-5-10(6-11)9(3)8(7)2;/h4-5,9H,1-3H3;. The smallest absolute Gasteiger partial charge is 0.128 e. The summed E-state index contributed by atoms with van der Waals surface area (Å²) in [4.78, 5) is 10.4. The molecule has 0 spiro atoms. The molecule has 0 aromatic heterocycles. The molecule has 1 aliphatic carbocycles. The van der Waals surface area contributed by atoms with Gasteiger partial charge >= 0.3 is 0 Å². The van der Waals surface area contributed by atoms with Crippen LogP contribution in [0.4, 0.5) is 0 Å². The quantitative estimate of drug-likeness (QED) is 0.547. The third-order valence-electron chi connectivity index (χ3n) is 2.37. The second kappa shape index (κ2) is 4.52. The van der Waals surface area contributed by atoms with Gasteiger partial charge in [-0.25, -0.2) is 4.79 Å². The van der Waals surface area contributed by atoms with Crippen molar-refractivity contribution in [2.24, 2.45) is 5.92 Å². The minimum atomic E-state index is 0. The van der Waals surface area contributed by atoms with Gasteiger partial charge in [-0.2, -0.15) is 0 Å². The molecule has 0 heterocycles. The van der Waals surface area contributed by atoms with E-state index in [0.29, 0.717) is 0 Å². The number of rotatable bonds is 0. The average Bonchev–Trinajstić information content (AvgIpc) is 2.01. The van der Waals surface area contributed by atoms with Crippen molar-refractivity contribution in [1.29, 1.82) is 0 Å². The van der Waals surface area contributed by atoms with Crippen LogP contribution in [0.1, 0.15) is 20.8 Å². The Labute approximate surface area is 85.1 Å². The van der Waals surface area contributed by atoms with E-state index in [0.717, 1.165) is 5.57 Å². The van der Waals surface area contributed by atoms with Gasteiger partial charge in [0, 0.05) is 30.0 Å². The molecule has 1 aliphatic rings. The molecule has 1 unspecified atom stereocenters. The van der Waals surface area contributed by atoms with Crippen LogP contribution in [0.25, 0.3) is 0 Å². The van der Waals surface area contributed by atoms with Crippen LogP contribution in [0.3, 0.4) is 0 Å². The first-order chi connectivity index (χ1) is 5.16. The summed E-state index contributed by atoms with van der Waals surface area (Å²) in [6.07, 6.45) is 3.82. The summed E-state index contributed by atoms with van der Waals surface area (Å²) in [7, 11) is 0. The third kappa shape index (κ3) is 2.01. The van der Waals surface area contributed by atoms with E-state index in [1.807, 2.05) is 25.0 Å². The minimum Gasteiger partial charge on any atom is -0.233 e. The van der Waals surface area contributed by atoms with Crippen LogP contribution in [0, 0.1) is 5.92 Å². The Hall–Kier alpha value is -0.486. The number of hydrogen-bond acceptors (Lipinski definition) is 1. The molecule has 0 aromatic rings. The van der Waals surface area contributed by atoms with Gasteiger partial charge < -0.3 is 0 Å². The van der Waals surface area contributed by atoms with Gasteiger partial charge in [-0.15, -0.1) is 0 Å². The molecule has 0 bridgehead atoms. The summed E-state index contributed by atoms with van der Waals surface area (Å²) in [5.74, 6) is 2.20. The number of hydrogen-bond donors (Lipinski definition) is 0. The van der Waals surface area contributed by atoms with E-state index < -0.39 is 0 Å². The zero-order valence-corrected chi connectivity index (χ0v) is 8.98. The average molecular weight is 199 g/mol. The fourth-order valence-corrected chi connectivity index (χ4v) is 1.19. The van der Waals surface area contributed by atoms with Crippen molar-refractivity contribution >= 4 is 5.94 Å². The predicted octanol–water partition coefficient (Wildman–Crippen LogP) is 2.28. The van der Waals surface area contributed by atoms with Crippen LogP contribution in [-0.2, 0) is 23.4 Å². The molecule has 0 N–H and O–H groups in total. The monoisotopic (exact) mass is 199 g/mol. The van der Waals surface area contributed by atoms with Crippen LogP contribution in [0.2, 0.25) is 0 Å². The van der Waals surface area contributed by atoms with Crippen molar-refractivity contribution in [2.45, 2.75) is 20.8 Å². The van der Waals surface area contributed by atoms with Crippen LogP contribution < -0.4 is 0 Å². The number of carbonyl (C=O) groups excluding carboxylic acids is 1. The second-order valence-corrected chi connectivity index (χ2v) is 2.98. The topological polar surface area (TPSA) is 17.1 Å². The van der Waals surface area contributed by atoms with Gasteiger partial charge in [-0.3, -0.25) is 0 Å². The summed E-state index contributed by atoms with van der Waals surface area (Å²) < 4.78 is 0. The largest absolute Gasteiger partial charge is 0.233 e. The molecular formula is C10H12OV. The zero-order valence-electron chi connectivity index (χ0n) is 7.59. The van der Waals surface area contributed by atoms with Crippen LogP contribution >= 0.6 is 0 Å². The van der Waals surface area contributed by atoms with Crippen molar-refractivity contribution in [1.82, 2.24) is 0 Å². The molecule has 0 aliphatic heterocycles. The molecule has 0 fully saturated rings. The Kier molecular flexibility index (Phi) is 4.34. The molecule has 0 saturated heterocycles. The van der Waals surface area contributed by atoms with Crippen molar-refractivity contribution in [2.75, 3.05) is 0 Å². The number of allylic oxidation sites excluding steroid dienone is 5. The molecule has 63 valence electrons. The van der Waals surface area contributed by atoms with E-state index in [9.17, 15) is 4.79 Å². The fraction of sp³-hybridized carbons (Fsp3) is 0.400. The normalized spacial score (nSPS) is 21.9. The van der Waals surface area contributed by atoms with Crippen molar-refractivity contribution < 1.29 is 23.4 Å². The fourth-order valence-electron chi connectivity index (χ4n) is 1.19. The first-order valence-corrected chi connectivity index (χ1v) is 3.77. The van der Waals surface area contributed by atoms with Gasteiger partial charge in [0.15, 0.2) is 0 Å². The maximum Gasteiger partial charge on any atom is 0.128 e. The molecule has 0 aromatic carbocycles. The van der Waals surface area contributed by atoms with Crippen LogP contribution in [0.15, 0.2) is 28.9 Å². The summed E-state index contributed by atoms with van der Waals surface area (Å²) in [5.41, 5.74) is 3.29. The maximum atomic E-state index is 10.4. The summed E-state index contributed by atoms with van der Waals surface area (Å²) in [6.45, 7) is 6.15. The first kappa shape index (κ1) is 11.5. The second-order valence-electron chi connectivity index (χ2n) is 2.98. The maximum absolute atomic E-state index is 10.4. The van der Waals surface area contributed by atoms with Crippen molar-refractivity contribution in [3.63, 3.8) is 0 Å². The Morgan fingerprint density at radius 2 is 1.92 bits per heavy atom. The predicted molar refractivity (Wildman–Crippen MR) is 45.9 cm³/mol. The van der Waals surface area contributed by atoms with E-state index in [2.05, 4.69) is 13.8 Å². The van der Waals surface area contributed by atoms with Gasteiger partial charge in [-0.1, -0.05) is 24.1 Å². The Bertz CT molecular complexity index is 280. The summed E-state index contributed by atoms with van der Waals surface area (Å²) >= 11 is 0. The molecule has 1 atom stereocenters. The Morgan fingerprint density at radius 1 is 1.33 bits per heavy atom. The molecular weight excluding hydrogens is 187 g/mol. The van der Waals surface area contributed by atoms with Crippen molar-refractivity contribution in [3.05, 3.63) is 28.9 Å². The molecule has 0 saturated carbocycles. The van der Waals surface area contributed by atoms with Gasteiger partial charge in [0.25, 0.3) is 0 Å². The molecule has 0 amide bonds. The van der Waals surface area contributed by atoms with Crippen LogP contribution in [-0.4, -0.2) is 5.94 Å². The van der Waals surface area contributed by atoms with Crippen LogP contribution in [0.5, 0.6) is 0 Å². The summed E-state index contributed by atoms with van der Waals surface area (Å²) in [5, 5.41) is 0. The Morgan fingerprint density at radius 3 is 2.42 bits per heavy atom. The Balaban J connectivity index is 0.00000121. The van der Waals surface area contributed by atoms with E-state index in [4.69, 9.17) is 0 Å². The molecule has 1 rings (SSSR count). The van der Waals surface area contributed by atoms with Gasteiger partial charge in [0.2, 0.25) is 0 Å². The molecule has 12 heavy (non-hydrogen) atoms. The first-order valence-electron chi connectivity index (χ1n) is 3.77. The minimum absolute atomic E-state index is 0. The van der Waals surface area contributed by atoms with E-state index in [-0.39, 0.29) is 24.5 Å². The van der Waals surface area contributed by atoms with Gasteiger partial charge in [0.1, 0.15) is 5.94 Å². The SMILES string of the molecule is CC1=C(C)C(C)C(=C=O)C=C1.[V]. The van der Waals surface area contributed by atoms with E-state index in [1.165, 1.54) is 11.1 Å². The van der Waals surface area contributed by atoms with Gasteiger partial charge in [-0.05, 0) is 19.9 Å². The zero-order chi connectivity index (χ0) is 8.43.